The molecule has 0 saturated carbocycles. The van der Waals surface area contributed by atoms with Gasteiger partial charge in [0.05, 0.1) is 11.4 Å². The molecule has 140 valence electrons. The van der Waals surface area contributed by atoms with E-state index in [2.05, 4.69) is 25.6 Å². The number of aromatic nitrogens is 5. The number of carbonyl (C=O) groups is 1. The molecule has 0 aliphatic heterocycles. The Bertz CT molecular complexity index is 937. The quantitative estimate of drug-likeness (QED) is 0.518. The van der Waals surface area contributed by atoms with Crippen LogP contribution in [-0.2, 0) is 5.75 Å². The van der Waals surface area contributed by atoms with Crippen LogP contribution < -0.4 is 5.32 Å². The molecule has 0 radical (unpaired) electrons. The number of nitrogens with zero attached hydrogens (tertiary/aromatic N) is 5. The van der Waals surface area contributed by atoms with E-state index in [1.165, 1.54) is 23.9 Å². The molecule has 0 unspecified atom stereocenters. The van der Waals surface area contributed by atoms with Gasteiger partial charge in [-0.2, -0.15) is 0 Å². The average Bonchev–Trinajstić information content (AvgIpc) is 3.04. The van der Waals surface area contributed by atoms with Gasteiger partial charge in [0.2, 0.25) is 0 Å². The highest BCUT2D eigenvalue weighted by Crippen LogP contribution is 2.23. The van der Waals surface area contributed by atoms with Crippen molar-refractivity contribution in [3.05, 3.63) is 58.9 Å². The number of rotatable bonds is 6. The Hall–Kier alpha value is -2.81. The zero-order chi connectivity index (χ0) is 19.4. The second-order valence-corrected chi connectivity index (χ2v) is 6.80. The van der Waals surface area contributed by atoms with Gasteiger partial charge in [0.15, 0.2) is 10.9 Å². The van der Waals surface area contributed by atoms with Crippen LogP contribution in [0.1, 0.15) is 34.5 Å². The first-order valence-electron chi connectivity index (χ1n) is 8.41. The first-order valence-corrected chi connectivity index (χ1v) is 9.40. The van der Waals surface area contributed by atoms with Crippen LogP contribution in [0.4, 0.5) is 4.39 Å². The first-order chi connectivity index (χ1) is 13.0. The van der Waals surface area contributed by atoms with E-state index in [0.717, 1.165) is 11.4 Å². The van der Waals surface area contributed by atoms with Crippen molar-refractivity contribution in [3.63, 3.8) is 0 Å². The van der Waals surface area contributed by atoms with Crippen LogP contribution in [0, 0.1) is 19.7 Å². The maximum absolute atomic E-state index is 13.3. The van der Waals surface area contributed by atoms with E-state index in [1.54, 1.807) is 16.8 Å². The third kappa shape index (κ3) is 4.48. The van der Waals surface area contributed by atoms with E-state index in [1.807, 2.05) is 26.8 Å². The van der Waals surface area contributed by atoms with Gasteiger partial charge in [0, 0.05) is 23.7 Å². The third-order valence-electron chi connectivity index (χ3n) is 3.69. The number of hydrogen-bond donors (Lipinski definition) is 1. The Morgan fingerprint density at radius 2 is 1.85 bits per heavy atom. The maximum atomic E-state index is 13.3. The van der Waals surface area contributed by atoms with Crippen molar-refractivity contribution >= 4 is 17.7 Å². The molecule has 0 fully saturated rings. The number of amides is 1. The van der Waals surface area contributed by atoms with Gasteiger partial charge in [-0.3, -0.25) is 4.79 Å². The van der Waals surface area contributed by atoms with Gasteiger partial charge in [-0.05, 0) is 51.1 Å². The van der Waals surface area contributed by atoms with E-state index < -0.39 is 0 Å². The van der Waals surface area contributed by atoms with Crippen molar-refractivity contribution in [2.75, 3.05) is 6.54 Å². The summed E-state index contributed by atoms with van der Waals surface area (Å²) in [6, 6.07) is 7.76. The van der Waals surface area contributed by atoms with Gasteiger partial charge in [0.1, 0.15) is 5.82 Å². The predicted octanol–water partition coefficient (Wildman–Crippen LogP) is 2.86. The summed E-state index contributed by atoms with van der Waals surface area (Å²) in [5.74, 6) is -0.259. The molecule has 0 saturated heterocycles. The Labute approximate surface area is 160 Å². The highest BCUT2D eigenvalue weighted by Gasteiger charge is 2.21. The van der Waals surface area contributed by atoms with E-state index in [4.69, 9.17) is 0 Å². The third-order valence-corrected chi connectivity index (χ3v) is 4.55. The summed E-state index contributed by atoms with van der Waals surface area (Å²) >= 11 is 1.39. The Morgan fingerprint density at radius 1 is 1.19 bits per heavy atom. The van der Waals surface area contributed by atoms with Gasteiger partial charge >= 0.3 is 0 Å². The van der Waals surface area contributed by atoms with Gasteiger partial charge in [-0.1, -0.05) is 17.0 Å². The van der Waals surface area contributed by atoms with Crippen LogP contribution >= 0.6 is 11.8 Å². The molecule has 0 aliphatic rings. The van der Waals surface area contributed by atoms with Crippen molar-refractivity contribution in [2.24, 2.45) is 0 Å². The second-order valence-electron chi connectivity index (χ2n) is 5.85. The van der Waals surface area contributed by atoms with E-state index in [9.17, 15) is 9.18 Å². The summed E-state index contributed by atoms with van der Waals surface area (Å²) in [5, 5.41) is 11.5. The lowest BCUT2D eigenvalue weighted by Crippen LogP contribution is -2.24. The molecule has 3 rings (SSSR count). The molecular weight excluding hydrogens is 367 g/mol. The van der Waals surface area contributed by atoms with Crippen molar-refractivity contribution < 1.29 is 9.18 Å². The monoisotopic (exact) mass is 386 g/mol. The summed E-state index contributed by atoms with van der Waals surface area (Å²) in [6.07, 6.45) is 0. The normalized spacial score (nSPS) is 10.8. The largest absolute Gasteiger partial charge is 0.351 e. The molecule has 1 aromatic carbocycles. The summed E-state index contributed by atoms with van der Waals surface area (Å²) in [4.78, 5) is 21.2. The summed E-state index contributed by atoms with van der Waals surface area (Å²) in [6.45, 7) is 6.13. The Morgan fingerprint density at radius 3 is 2.48 bits per heavy atom. The van der Waals surface area contributed by atoms with Crippen LogP contribution in [0.5, 0.6) is 0 Å². The Balaban J connectivity index is 1.95. The molecule has 27 heavy (non-hydrogen) atoms. The molecule has 0 aliphatic carbocycles. The molecule has 3 aromatic rings. The Kier molecular flexibility index (Phi) is 5.80. The maximum Gasteiger partial charge on any atom is 0.273 e. The van der Waals surface area contributed by atoms with Gasteiger partial charge in [-0.15, -0.1) is 5.10 Å². The van der Waals surface area contributed by atoms with Crippen molar-refractivity contribution in [1.29, 1.82) is 0 Å². The number of thioether (sulfide) groups is 1. The standard InChI is InChI=1S/C18H19FN6OS/c1-4-20-17(26)16-15(10-27-18-21-11(2)9-12(3)22-18)25(24-23-16)14-7-5-13(19)6-8-14/h5-9H,4,10H2,1-3H3,(H,20,26). The van der Waals surface area contributed by atoms with Gasteiger partial charge in [-0.25, -0.2) is 19.0 Å². The van der Waals surface area contributed by atoms with Crippen LogP contribution in [0.2, 0.25) is 0 Å². The van der Waals surface area contributed by atoms with Crippen LogP contribution in [0.15, 0.2) is 35.5 Å². The SMILES string of the molecule is CCNC(=O)c1nnn(-c2ccc(F)cc2)c1CSc1nc(C)cc(C)n1. The lowest BCUT2D eigenvalue weighted by atomic mass is 10.2. The predicted molar refractivity (Wildman–Crippen MR) is 100 cm³/mol. The van der Waals surface area contributed by atoms with E-state index >= 15 is 0 Å². The molecule has 9 heteroatoms. The fourth-order valence-corrected chi connectivity index (χ4v) is 3.47. The second kappa shape index (κ2) is 8.26. The van der Waals surface area contributed by atoms with Gasteiger partial charge in [0.25, 0.3) is 5.91 Å². The van der Waals surface area contributed by atoms with E-state index in [0.29, 0.717) is 28.8 Å². The molecular formula is C18H19FN6OS. The molecule has 1 N–H and O–H groups in total. The molecule has 0 atom stereocenters. The summed E-state index contributed by atoms with van der Waals surface area (Å²) < 4.78 is 14.8. The summed E-state index contributed by atoms with van der Waals surface area (Å²) in [5.41, 5.74) is 3.20. The fourth-order valence-electron chi connectivity index (χ4n) is 2.53. The van der Waals surface area contributed by atoms with Crippen molar-refractivity contribution in [2.45, 2.75) is 31.7 Å². The van der Waals surface area contributed by atoms with E-state index in [-0.39, 0.29) is 17.4 Å². The number of aryl methyl sites for hydroxylation is 2. The molecule has 0 bridgehead atoms. The average molecular weight is 386 g/mol. The number of hydrogen-bond acceptors (Lipinski definition) is 6. The zero-order valence-electron chi connectivity index (χ0n) is 15.2. The smallest absolute Gasteiger partial charge is 0.273 e. The topological polar surface area (TPSA) is 85.6 Å². The number of halogens is 1. The highest BCUT2D eigenvalue weighted by molar-refractivity contribution is 7.98. The van der Waals surface area contributed by atoms with Crippen LogP contribution in [-0.4, -0.2) is 37.4 Å². The van der Waals surface area contributed by atoms with Crippen molar-refractivity contribution in [1.82, 2.24) is 30.3 Å². The minimum Gasteiger partial charge on any atom is -0.351 e. The highest BCUT2D eigenvalue weighted by atomic mass is 32.2. The minimum absolute atomic E-state index is 0.234. The zero-order valence-corrected chi connectivity index (χ0v) is 16.0. The molecule has 1 amide bonds. The van der Waals surface area contributed by atoms with Crippen molar-refractivity contribution in [3.8, 4) is 5.69 Å². The lowest BCUT2D eigenvalue weighted by Gasteiger charge is -2.08. The first kappa shape index (κ1) is 19.0. The fraction of sp³-hybridized carbons (Fsp3) is 0.278. The minimum atomic E-state index is -0.345. The number of carbonyl (C=O) groups excluding carboxylic acids is 1. The molecule has 0 spiro atoms. The lowest BCUT2D eigenvalue weighted by molar-refractivity contribution is 0.0950. The number of benzene rings is 1. The molecule has 7 nitrogen and oxygen atoms in total. The van der Waals surface area contributed by atoms with Crippen LogP contribution in [0.3, 0.4) is 0 Å². The molecule has 2 heterocycles. The molecule has 2 aromatic heterocycles. The van der Waals surface area contributed by atoms with Crippen LogP contribution in [0.25, 0.3) is 5.69 Å². The summed E-state index contributed by atoms with van der Waals surface area (Å²) in [7, 11) is 0. The number of nitrogens with one attached hydrogen (secondary N) is 1. The van der Waals surface area contributed by atoms with Gasteiger partial charge < -0.3 is 5.32 Å².